The molecule has 2 aromatic rings. The van der Waals surface area contributed by atoms with Crippen LogP contribution >= 0.6 is 0 Å². The normalized spacial score (nSPS) is 12.8. The summed E-state index contributed by atoms with van der Waals surface area (Å²) in [6.45, 7) is 3.49. The molecule has 0 aliphatic carbocycles. The lowest BCUT2D eigenvalue weighted by molar-refractivity contribution is 0.320. The summed E-state index contributed by atoms with van der Waals surface area (Å²) in [4.78, 5) is 0. The van der Waals surface area contributed by atoms with Gasteiger partial charge in [0.15, 0.2) is 0 Å². The number of hydrogen-bond acceptors (Lipinski definition) is 3. The first-order chi connectivity index (χ1) is 9.72. The van der Waals surface area contributed by atoms with Crippen LogP contribution in [0.2, 0.25) is 0 Å². The van der Waals surface area contributed by atoms with Crippen LogP contribution in [0, 0.1) is 6.92 Å². The van der Waals surface area contributed by atoms with E-state index in [1.807, 2.05) is 25.1 Å². The number of ether oxygens (including phenoxy) is 2. The molecule has 104 valence electrons. The lowest BCUT2D eigenvalue weighted by atomic mass is 10.1. The second-order valence-electron chi connectivity index (χ2n) is 5.16. The third-order valence-corrected chi connectivity index (χ3v) is 3.61. The Bertz CT molecular complexity index is 622. The van der Waals surface area contributed by atoms with E-state index in [4.69, 9.17) is 15.2 Å². The average molecular weight is 269 g/mol. The van der Waals surface area contributed by atoms with Crippen LogP contribution in [0.15, 0.2) is 36.4 Å². The van der Waals surface area contributed by atoms with Crippen LogP contribution in [-0.4, -0.2) is 13.2 Å². The summed E-state index contributed by atoms with van der Waals surface area (Å²) in [5.41, 5.74) is 10.2. The first kappa shape index (κ1) is 12.9. The smallest absolute Gasteiger partial charge is 0.124 e. The maximum Gasteiger partial charge on any atom is 0.124 e. The fourth-order valence-corrected chi connectivity index (χ4v) is 2.45. The van der Waals surface area contributed by atoms with Crippen LogP contribution in [0.3, 0.4) is 0 Å². The van der Waals surface area contributed by atoms with Crippen molar-refractivity contribution in [3.05, 3.63) is 53.1 Å². The molecule has 3 nitrogen and oxygen atoms in total. The number of anilines is 1. The Morgan fingerprint density at radius 3 is 3.00 bits per heavy atom. The lowest BCUT2D eigenvalue weighted by Crippen LogP contribution is -2.03. The molecule has 2 N–H and O–H groups in total. The third-order valence-electron chi connectivity index (χ3n) is 3.61. The van der Waals surface area contributed by atoms with E-state index in [0.29, 0.717) is 6.61 Å². The molecule has 1 aliphatic heterocycles. The number of nitrogens with two attached hydrogens (primary N) is 1. The van der Waals surface area contributed by atoms with E-state index in [2.05, 4.69) is 18.2 Å². The molecule has 0 amide bonds. The zero-order chi connectivity index (χ0) is 13.9. The van der Waals surface area contributed by atoms with Crippen LogP contribution in [0.4, 0.5) is 5.69 Å². The van der Waals surface area contributed by atoms with Crippen LogP contribution in [0.25, 0.3) is 0 Å². The van der Waals surface area contributed by atoms with Gasteiger partial charge in [-0.15, -0.1) is 0 Å². The minimum Gasteiger partial charge on any atom is -0.493 e. The van der Waals surface area contributed by atoms with Gasteiger partial charge in [0.25, 0.3) is 0 Å². The summed E-state index contributed by atoms with van der Waals surface area (Å²) in [5.74, 6) is 1.90. The van der Waals surface area contributed by atoms with Crippen molar-refractivity contribution >= 4 is 5.69 Å². The molecule has 0 bridgehead atoms. The first-order valence-corrected chi connectivity index (χ1v) is 6.96. The Hall–Kier alpha value is -2.16. The van der Waals surface area contributed by atoms with Crippen LogP contribution in [0.1, 0.15) is 16.7 Å². The lowest BCUT2D eigenvalue weighted by Gasteiger charge is -2.10. The second kappa shape index (κ2) is 5.45. The largest absolute Gasteiger partial charge is 0.493 e. The van der Waals surface area contributed by atoms with Gasteiger partial charge in [0.1, 0.15) is 11.5 Å². The van der Waals surface area contributed by atoms with Crippen molar-refractivity contribution in [3.63, 3.8) is 0 Å². The van der Waals surface area contributed by atoms with Gasteiger partial charge >= 0.3 is 0 Å². The quantitative estimate of drug-likeness (QED) is 0.867. The number of rotatable bonds is 4. The van der Waals surface area contributed by atoms with Crippen molar-refractivity contribution < 1.29 is 9.47 Å². The van der Waals surface area contributed by atoms with Gasteiger partial charge in [-0.25, -0.2) is 0 Å². The van der Waals surface area contributed by atoms with E-state index in [0.717, 1.165) is 42.2 Å². The summed E-state index contributed by atoms with van der Waals surface area (Å²) in [7, 11) is 0. The first-order valence-electron chi connectivity index (χ1n) is 6.96. The molecule has 0 unspecified atom stereocenters. The number of fused-ring (bicyclic) bond motifs is 1. The summed E-state index contributed by atoms with van der Waals surface area (Å²) in [5, 5.41) is 0. The molecule has 0 atom stereocenters. The van der Waals surface area contributed by atoms with E-state index in [-0.39, 0.29) is 0 Å². The minimum absolute atomic E-state index is 0.657. The Morgan fingerprint density at radius 1 is 1.20 bits per heavy atom. The van der Waals surface area contributed by atoms with E-state index >= 15 is 0 Å². The van der Waals surface area contributed by atoms with Crippen LogP contribution in [0.5, 0.6) is 11.5 Å². The summed E-state index contributed by atoms with van der Waals surface area (Å²) >= 11 is 0. The highest BCUT2D eigenvalue weighted by molar-refractivity contribution is 5.48. The maximum absolute atomic E-state index is 5.83. The van der Waals surface area contributed by atoms with Gasteiger partial charge in [0.2, 0.25) is 0 Å². The average Bonchev–Trinajstić information content (AvgIpc) is 2.90. The molecule has 0 saturated heterocycles. The highest BCUT2D eigenvalue weighted by atomic mass is 16.5. The van der Waals surface area contributed by atoms with Gasteiger partial charge in [0, 0.05) is 24.6 Å². The Labute approximate surface area is 119 Å². The fourth-order valence-electron chi connectivity index (χ4n) is 2.45. The van der Waals surface area contributed by atoms with E-state index in [9.17, 15) is 0 Å². The van der Waals surface area contributed by atoms with Crippen molar-refractivity contribution in [2.24, 2.45) is 0 Å². The zero-order valence-electron chi connectivity index (χ0n) is 11.7. The van der Waals surface area contributed by atoms with Gasteiger partial charge in [-0.05, 0) is 35.7 Å². The summed E-state index contributed by atoms with van der Waals surface area (Å²) < 4.78 is 11.3. The molecule has 0 spiro atoms. The second-order valence-corrected chi connectivity index (χ2v) is 5.16. The molecule has 3 heteroatoms. The molecule has 0 radical (unpaired) electrons. The molecule has 2 aromatic carbocycles. The molecule has 0 fully saturated rings. The molecule has 1 aliphatic rings. The fraction of sp³-hybridized carbons (Fsp3) is 0.294. The summed E-state index contributed by atoms with van der Waals surface area (Å²) in [6.07, 6.45) is 1.90. The Balaban J connectivity index is 1.61. The molecule has 20 heavy (non-hydrogen) atoms. The number of hydrogen-bond donors (Lipinski definition) is 1. The number of benzene rings is 2. The Kier molecular flexibility index (Phi) is 3.50. The van der Waals surface area contributed by atoms with Gasteiger partial charge in [0.05, 0.1) is 13.2 Å². The van der Waals surface area contributed by atoms with Gasteiger partial charge in [-0.1, -0.05) is 18.2 Å². The van der Waals surface area contributed by atoms with Crippen molar-refractivity contribution in [2.75, 3.05) is 18.9 Å². The topological polar surface area (TPSA) is 44.5 Å². The van der Waals surface area contributed by atoms with Gasteiger partial charge < -0.3 is 15.2 Å². The molecule has 0 saturated carbocycles. The predicted octanol–water partition coefficient (Wildman–Crippen LogP) is 3.13. The zero-order valence-corrected chi connectivity index (χ0v) is 11.7. The van der Waals surface area contributed by atoms with E-state index in [1.165, 1.54) is 11.1 Å². The van der Waals surface area contributed by atoms with Gasteiger partial charge in [-0.3, -0.25) is 0 Å². The van der Waals surface area contributed by atoms with Crippen molar-refractivity contribution in [3.8, 4) is 11.5 Å². The molecule has 0 aromatic heterocycles. The van der Waals surface area contributed by atoms with Crippen LogP contribution in [-0.2, 0) is 12.8 Å². The standard InChI is InChI=1S/C17H19NO2/c1-12-2-4-15(18)11-17(12)20-8-6-13-3-5-16-14(10-13)7-9-19-16/h2-5,10-11H,6-9,18H2,1H3. The number of aryl methyl sites for hydroxylation is 1. The van der Waals surface area contributed by atoms with Crippen molar-refractivity contribution in [2.45, 2.75) is 19.8 Å². The minimum atomic E-state index is 0.657. The summed E-state index contributed by atoms with van der Waals surface area (Å²) in [6, 6.07) is 12.1. The van der Waals surface area contributed by atoms with Gasteiger partial charge in [-0.2, -0.15) is 0 Å². The highest BCUT2D eigenvalue weighted by Gasteiger charge is 2.11. The molecular weight excluding hydrogens is 250 g/mol. The van der Waals surface area contributed by atoms with E-state index < -0.39 is 0 Å². The number of nitrogen functional groups attached to an aromatic ring is 1. The highest BCUT2D eigenvalue weighted by Crippen LogP contribution is 2.26. The molecular formula is C17H19NO2. The Morgan fingerprint density at radius 2 is 2.10 bits per heavy atom. The molecule has 1 heterocycles. The van der Waals surface area contributed by atoms with Crippen LogP contribution < -0.4 is 15.2 Å². The SMILES string of the molecule is Cc1ccc(N)cc1OCCc1ccc2c(c1)CCO2. The van der Waals surface area contributed by atoms with E-state index in [1.54, 1.807) is 0 Å². The maximum atomic E-state index is 5.83. The predicted molar refractivity (Wildman–Crippen MR) is 80.4 cm³/mol. The van der Waals surface area contributed by atoms with Crippen molar-refractivity contribution in [1.82, 2.24) is 0 Å². The molecule has 3 rings (SSSR count). The monoisotopic (exact) mass is 269 g/mol. The van der Waals surface area contributed by atoms with Crippen molar-refractivity contribution in [1.29, 1.82) is 0 Å². The third kappa shape index (κ3) is 2.72.